The van der Waals surface area contributed by atoms with Gasteiger partial charge in [0.2, 0.25) is 0 Å². The number of piperidine rings is 2. The highest BCUT2D eigenvalue weighted by molar-refractivity contribution is 5.68. The summed E-state index contributed by atoms with van der Waals surface area (Å²) in [6.45, 7) is 7.88. The topological polar surface area (TPSA) is 61.8 Å². The number of hydrogen-bond donors (Lipinski definition) is 2. The third kappa shape index (κ3) is 3.39. The molecule has 110 valence electrons. The molecular formula is C14H26N2O3. The third-order valence-corrected chi connectivity index (χ3v) is 4.18. The maximum atomic E-state index is 12.0. The molecule has 0 aromatic carbocycles. The molecule has 0 aliphatic carbocycles. The van der Waals surface area contributed by atoms with E-state index in [-0.39, 0.29) is 11.5 Å². The normalized spacial score (nSPS) is 27.4. The van der Waals surface area contributed by atoms with Crippen molar-refractivity contribution in [1.82, 2.24) is 10.2 Å². The first kappa shape index (κ1) is 14.6. The number of rotatable bonds is 0. The average Bonchev–Trinajstić information content (AvgIpc) is 2.32. The van der Waals surface area contributed by atoms with Gasteiger partial charge in [-0.15, -0.1) is 0 Å². The Bertz CT molecular complexity index is 330. The number of nitrogens with one attached hydrogen (secondary N) is 1. The molecule has 2 saturated heterocycles. The lowest BCUT2D eigenvalue weighted by Gasteiger charge is -2.47. The summed E-state index contributed by atoms with van der Waals surface area (Å²) in [6.07, 6.45) is 3.18. The molecule has 0 radical (unpaired) electrons. The van der Waals surface area contributed by atoms with Gasteiger partial charge in [0.1, 0.15) is 11.8 Å². The van der Waals surface area contributed by atoms with E-state index in [1.807, 2.05) is 20.8 Å². The molecule has 1 spiro atoms. The summed E-state index contributed by atoms with van der Waals surface area (Å²) in [7, 11) is 0. The molecule has 0 aromatic heterocycles. The van der Waals surface area contributed by atoms with Crippen LogP contribution in [0.2, 0.25) is 0 Å². The maximum Gasteiger partial charge on any atom is 0.410 e. The predicted octanol–water partition coefficient (Wildman–Crippen LogP) is 1.71. The van der Waals surface area contributed by atoms with Crippen molar-refractivity contribution >= 4 is 6.09 Å². The van der Waals surface area contributed by atoms with E-state index in [0.717, 1.165) is 32.2 Å². The molecule has 19 heavy (non-hydrogen) atoms. The van der Waals surface area contributed by atoms with Gasteiger partial charge in [-0.3, -0.25) is 5.32 Å². The zero-order valence-corrected chi connectivity index (χ0v) is 12.2. The van der Waals surface area contributed by atoms with Gasteiger partial charge < -0.3 is 14.7 Å². The molecular weight excluding hydrogens is 244 g/mol. The second-order valence-corrected chi connectivity index (χ2v) is 6.79. The quantitative estimate of drug-likeness (QED) is 0.703. The molecule has 0 aromatic rings. The van der Waals surface area contributed by atoms with Crippen LogP contribution in [0.25, 0.3) is 0 Å². The number of carbonyl (C=O) groups is 1. The van der Waals surface area contributed by atoms with Crippen LogP contribution in [0.15, 0.2) is 0 Å². The summed E-state index contributed by atoms with van der Waals surface area (Å²) in [4.78, 5) is 13.8. The Kier molecular flexibility index (Phi) is 4.06. The fourth-order valence-corrected chi connectivity index (χ4v) is 3.02. The van der Waals surface area contributed by atoms with Gasteiger partial charge in [0.25, 0.3) is 0 Å². The molecule has 2 aliphatic rings. The standard InChI is InChI=1S/C14H26N2O3/c1-13(2,3)19-12(18)16-9-6-14(7-10-16)5-4-8-15-11(14)17/h11,15,17H,4-10H2,1-3H3. The third-order valence-electron chi connectivity index (χ3n) is 4.18. The molecule has 0 saturated carbocycles. The van der Waals surface area contributed by atoms with Crippen LogP contribution >= 0.6 is 0 Å². The second kappa shape index (κ2) is 5.29. The van der Waals surface area contributed by atoms with Crippen molar-refractivity contribution in [2.75, 3.05) is 19.6 Å². The first-order chi connectivity index (χ1) is 8.82. The lowest BCUT2D eigenvalue weighted by atomic mass is 9.71. The number of aliphatic hydroxyl groups excluding tert-OH is 1. The van der Waals surface area contributed by atoms with Gasteiger partial charge >= 0.3 is 6.09 Å². The van der Waals surface area contributed by atoms with Crippen LogP contribution in [0.3, 0.4) is 0 Å². The molecule has 2 N–H and O–H groups in total. The molecule has 2 fully saturated rings. The Morgan fingerprint density at radius 2 is 1.95 bits per heavy atom. The van der Waals surface area contributed by atoms with Crippen molar-refractivity contribution in [3.63, 3.8) is 0 Å². The molecule has 5 nitrogen and oxygen atoms in total. The second-order valence-electron chi connectivity index (χ2n) is 6.79. The number of nitrogens with zero attached hydrogens (tertiary/aromatic N) is 1. The number of amides is 1. The van der Waals surface area contributed by atoms with E-state index in [9.17, 15) is 9.90 Å². The van der Waals surface area contributed by atoms with Crippen LogP contribution in [0, 0.1) is 5.41 Å². The van der Waals surface area contributed by atoms with Crippen LogP contribution in [-0.4, -0.2) is 47.6 Å². The number of aliphatic hydroxyl groups is 1. The summed E-state index contributed by atoms with van der Waals surface area (Å²) in [6, 6.07) is 0. The predicted molar refractivity (Wildman–Crippen MR) is 72.7 cm³/mol. The average molecular weight is 270 g/mol. The van der Waals surface area contributed by atoms with E-state index >= 15 is 0 Å². The van der Waals surface area contributed by atoms with E-state index in [4.69, 9.17) is 4.74 Å². The first-order valence-electron chi connectivity index (χ1n) is 7.22. The van der Waals surface area contributed by atoms with Crippen molar-refractivity contribution in [2.24, 2.45) is 5.41 Å². The van der Waals surface area contributed by atoms with Crippen molar-refractivity contribution in [3.05, 3.63) is 0 Å². The van der Waals surface area contributed by atoms with Crippen molar-refractivity contribution in [2.45, 2.75) is 58.3 Å². The van der Waals surface area contributed by atoms with E-state index in [1.54, 1.807) is 4.90 Å². The fourth-order valence-electron chi connectivity index (χ4n) is 3.02. The lowest BCUT2D eigenvalue weighted by Crippen LogP contribution is -2.55. The highest BCUT2D eigenvalue weighted by Crippen LogP contribution is 2.40. The van der Waals surface area contributed by atoms with Crippen LogP contribution in [0.4, 0.5) is 4.79 Å². The molecule has 2 rings (SSSR count). The number of carbonyl (C=O) groups excluding carboxylic acids is 1. The minimum absolute atomic E-state index is 0.0449. The van der Waals surface area contributed by atoms with Gasteiger partial charge in [0.05, 0.1) is 0 Å². The monoisotopic (exact) mass is 270 g/mol. The highest BCUT2D eigenvalue weighted by Gasteiger charge is 2.43. The van der Waals surface area contributed by atoms with Gasteiger partial charge in [-0.1, -0.05) is 0 Å². The van der Waals surface area contributed by atoms with E-state index in [2.05, 4.69) is 5.32 Å². The summed E-state index contributed by atoms with van der Waals surface area (Å²) in [5.74, 6) is 0. The van der Waals surface area contributed by atoms with Crippen LogP contribution in [0.5, 0.6) is 0 Å². The molecule has 1 amide bonds. The van der Waals surface area contributed by atoms with Crippen molar-refractivity contribution < 1.29 is 14.6 Å². The van der Waals surface area contributed by atoms with Crippen LogP contribution < -0.4 is 5.32 Å². The van der Waals surface area contributed by atoms with Crippen LogP contribution in [0.1, 0.15) is 46.5 Å². The minimum Gasteiger partial charge on any atom is -0.444 e. The Balaban J connectivity index is 1.90. The summed E-state index contributed by atoms with van der Waals surface area (Å²) in [5, 5.41) is 13.3. The zero-order chi connectivity index (χ0) is 14.1. The van der Waals surface area contributed by atoms with Crippen molar-refractivity contribution in [1.29, 1.82) is 0 Å². The van der Waals surface area contributed by atoms with Crippen molar-refractivity contribution in [3.8, 4) is 0 Å². The maximum absolute atomic E-state index is 12.0. The summed E-state index contributed by atoms with van der Waals surface area (Å²) < 4.78 is 5.39. The molecule has 0 bridgehead atoms. The lowest BCUT2D eigenvalue weighted by molar-refractivity contribution is -0.0677. The Labute approximate surface area is 115 Å². The number of hydrogen-bond acceptors (Lipinski definition) is 4. The molecule has 2 heterocycles. The van der Waals surface area contributed by atoms with E-state index < -0.39 is 11.8 Å². The number of ether oxygens (including phenoxy) is 1. The SMILES string of the molecule is CC(C)(C)OC(=O)N1CCC2(CCCNC2O)CC1. The van der Waals surface area contributed by atoms with Gasteiger partial charge in [0.15, 0.2) is 0 Å². The Morgan fingerprint density at radius 1 is 1.32 bits per heavy atom. The molecule has 5 heteroatoms. The smallest absolute Gasteiger partial charge is 0.410 e. The number of likely N-dealkylation sites (tertiary alicyclic amines) is 1. The summed E-state index contributed by atoms with van der Waals surface area (Å²) >= 11 is 0. The molecule has 2 aliphatic heterocycles. The van der Waals surface area contributed by atoms with E-state index in [0.29, 0.717) is 13.1 Å². The summed E-state index contributed by atoms with van der Waals surface area (Å²) in [5.41, 5.74) is -0.491. The molecule has 1 atom stereocenters. The highest BCUT2D eigenvalue weighted by atomic mass is 16.6. The largest absolute Gasteiger partial charge is 0.444 e. The molecule has 1 unspecified atom stereocenters. The Hall–Kier alpha value is -0.810. The zero-order valence-electron chi connectivity index (χ0n) is 12.2. The van der Waals surface area contributed by atoms with Crippen LogP contribution in [-0.2, 0) is 4.74 Å². The Morgan fingerprint density at radius 3 is 2.47 bits per heavy atom. The van der Waals surface area contributed by atoms with E-state index in [1.165, 1.54) is 0 Å². The van der Waals surface area contributed by atoms with Gasteiger partial charge in [-0.2, -0.15) is 0 Å². The van der Waals surface area contributed by atoms with Gasteiger partial charge in [-0.05, 0) is 53.0 Å². The fraction of sp³-hybridized carbons (Fsp3) is 0.929. The van der Waals surface area contributed by atoms with Gasteiger partial charge in [-0.25, -0.2) is 4.79 Å². The van der Waals surface area contributed by atoms with Gasteiger partial charge in [0, 0.05) is 18.5 Å². The minimum atomic E-state index is -0.446. The first-order valence-corrected chi connectivity index (χ1v) is 7.22.